The summed E-state index contributed by atoms with van der Waals surface area (Å²) in [5.41, 5.74) is 0.806. The molecule has 0 aliphatic carbocycles. The van der Waals surface area contributed by atoms with Crippen LogP contribution in [0, 0.1) is 5.41 Å². The van der Waals surface area contributed by atoms with E-state index in [-0.39, 0.29) is 6.47 Å². The zero-order chi connectivity index (χ0) is 10.5. The molecule has 1 amide bonds. The molecule has 0 aliphatic heterocycles. The van der Waals surface area contributed by atoms with Crippen molar-refractivity contribution < 1.29 is 24.0 Å². The van der Waals surface area contributed by atoms with Gasteiger partial charge in [0.05, 0.1) is 5.41 Å². The van der Waals surface area contributed by atoms with Crippen molar-refractivity contribution in [2.75, 3.05) is 0 Å². The average Bonchev–Trinajstić information content (AvgIpc) is 1.99. The van der Waals surface area contributed by atoms with Crippen molar-refractivity contribution in [3.8, 4) is 0 Å². The number of carbonyl (C=O) groups is 3. The Bertz CT molecular complexity index is 217. The van der Waals surface area contributed by atoms with Gasteiger partial charge in [-0.05, 0) is 20.8 Å². The van der Waals surface area contributed by atoms with Gasteiger partial charge >= 0.3 is 18.5 Å². The molecule has 0 aliphatic rings. The minimum Gasteiger partial charge on any atom is -0.374 e. The van der Waals surface area contributed by atoms with Crippen molar-refractivity contribution in [2.24, 2.45) is 5.41 Å². The van der Waals surface area contributed by atoms with Crippen LogP contribution >= 0.6 is 0 Å². The average molecular weight is 189 g/mol. The van der Waals surface area contributed by atoms with Crippen LogP contribution in [-0.2, 0) is 19.2 Å². The predicted molar refractivity (Wildman–Crippen MR) is 41.2 cm³/mol. The number of nitrogens with one attached hydrogen (secondary N) is 1. The lowest BCUT2D eigenvalue weighted by atomic mass is 9.98. The SMILES string of the molecule is CC(C)(C)C(=O)OC(=O)NOC=O. The molecule has 0 spiro atoms. The summed E-state index contributed by atoms with van der Waals surface area (Å²) in [6, 6.07) is 0. The van der Waals surface area contributed by atoms with Crippen LogP contribution in [0.5, 0.6) is 0 Å². The Kier molecular flexibility index (Phi) is 3.90. The van der Waals surface area contributed by atoms with Crippen molar-refractivity contribution in [3.63, 3.8) is 0 Å². The monoisotopic (exact) mass is 189 g/mol. The van der Waals surface area contributed by atoms with Crippen molar-refractivity contribution in [1.82, 2.24) is 5.48 Å². The largest absolute Gasteiger partial charge is 0.448 e. The number of carbonyl (C=O) groups excluding carboxylic acids is 3. The molecule has 0 fully saturated rings. The molecule has 0 atom stereocenters. The summed E-state index contributed by atoms with van der Waals surface area (Å²) < 4.78 is 4.24. The van der Waals surface area contributed by atoms with E-state index < -0.39 is 17.5 Å². The maximum Gasteiger partial charge on any atom is 0.448 e. The highest BCUT2D eigenvalue weighted by Gasteiger charge is 2.25. The van der Waals surface area contributed by atoms with Crippen LogP contribution in [0.15, 0.2) is 0 Å². The number of rotatable bonds is 2. The fourth-order valence-corrected chi connectivity index (χ4v) is 0.330. The Morgan fingerprint density at radius 1 is 1.31 bits per heavy atom. The van der Waals surface area contributed by atoms with E-state index in [4.69, 9.17) is 0 Å². The maximum absolute atomic E-state index is 11.0. The van der Waals surface area contributed by atoms with Crippen LogP contribution in [0.2, 0.25) is 0 Å². The van der Waals surface area contributed by atoms with Gasteiger partial charge in [-0.15, -0.1) is 5.48 Å². The van der Waals surface area contributed by atoms with Gasteiger partial charge in [0.15, 0.2) is 0 Å². The molecule has 1 N–H and O–H groups in total. The number of hydroxylamine groups is 1. The number of hydrogen-bond acceptors (Lipinski definition) is 5. The molecule has 0 aromatic heterocycles. The molecule has 0 aromatic rings. The van der Waals surface area contributed by atoms with Crippen molar-refractivity contribution in [3.05, 3.63) is 0 Å². The zero-order valence-electron chi connectivity index (χ0n) is 7.62. The van der Waals surface area contributed by atoms with Crippen LogP contribution < -0.4 is 5.48 Å². The Morgan fingerprint density at radius 3 is 2.23 bits per heavy atom. The third-order valence-electron chi connectivity index (χ3n) is 0.988. The third kappa shape index (κ3) is 4.78. The lowest BCUT2D eigenvalue weighted by molar-refractivity contribution is -0.149. The highest BCUT2D eigenvalue weighted by Crippen LogP contribution is 2.14. The molecule has 13 heavy (non-hydrogen) atoms. The summed E-state index contributed by atoms with van der Waals surface area (Å²) in [6.07, 6.45) is -1.12. The van der Waals surface area contributed by atoms with Crippen LogP contribution in [0.1, 0.15) is 20.8 Å². The summed E-state index contributed by atoms with van der Waals surface area (Å²) in [5, 5.41) is 0. The molecule has 0 saturated carbocycles. The van der Waals surface area contributed by atoms with Gasteiger partial charge in [0.1, 0.15) is 0 Å². The van der Waals surface area contributed by atoms with Crippen LogP contribution in [0.4, 0.5) is 4.79 Å². The van der Waals surface area contributed by atoms with E-state index in [1.807, 2.05) is 0 Å². The van der Waals surface area contributed by atoms with Gasteiger partial charge in [0.2, 0.25) is 0 Å². The molecule has 0 unspecified atom stereocenters. The van der Waals surface area contributed by atoms with Crippen LogP contribution in [0.3, 0.4) is 0 Å². The quantitative estimate of drug-likeness (QED) is 0.294. The highest BCUT2D eigenvalue weighted by atomic mass is 16.7. The second kappa shape index (κ2) is 4.44. The number of ether oxygens (including phenoxy) is 1. The van der Waals surface area contributed by atoms with Crippen molar-refractivity contribution in [1.29, 1.82) is 0 Å². The Morgan fingerprint density at radius 2 is 1.85 bits per heavy atom. The smallest absolute Gasteiger partial charge is 0.374 e. The second-order valence-corrected chi connectivity index (χ2v) is 3.24. The number of esters is 1. The molecule has 0 radical (unpaired) electrons. The Labute approximate surface area is 75.1 Å². The van der Waals surface area contributed by atoms with Gasteiger partial charge in [-0.2, -0.15) is 0 Å². The first-order valence-electron chi connectivity index (χ1n) is 3.49. The van der Waals surface area contributed by atoms with E-state index in [0.717, 1.165) is 0 Å². The van der Waals surface area contributed by atoms with E-state index in [0.29, 0.717) is 0 Å². The normalized spacial score (nSPS) is 10.1. The van der Waals surface area contributed by atoms with Crippen LogP contribution in [-0.4, -0.2) is 18.5 Å². The second-order valence-electron chi connectivity index (χ2n) is 3.24. The van der Waals surface area contributed by atoms with Gasteiger partial charge in [-0.1, -0.05) is 0 Å². The lowest BCUT2D eigenvalue weighted by Gasteiger charge is -2.14. The van der Waals surface area contributed by atoms with Crippen LogP contribution in [0.25, 0.3) is 0 Å². The van der Waals surface area contributed by atoms with Gasteiger partial charge in [0, 0.05) is 0 Å². The van der Waals surface area contributed by atoms with Gasteiger partial charge < -0.3 is 9.57 Å². The first-order valence-corrected chi connectivity index (χ1v) is 3.49. The number of amides is 1. The summed E-state index contributed by atoms with van der Waals surface area (Å²) in [4.78, 5) is 35.1. The molecular formula is C7H11NO5. The molecular weight excluding hydrogens is 178 g/mol. The first kappa shape index (κ1) is 11.4. The zero-order valence-corrected chi connectivity index (χ0v) is 7.62. The highest BCUT2D eigenvalue weighted by molar-refractivity contribution is 5.87. The van der Waals surface area contributed by atoms with E-state index in [9.17, 15) is 14.4 Å². The lowest BCUT2D eigenvalue weighted by Crippen LogP contribution is -2.32. The van der Waals surface area contributed by atoms with Gasteiger partial charge in [-0.3, -0.25) is 9.59 Å². The minimum absolute atomic E-state index is 0.00280. The first-order chi connectivity index (χ1) is 5.88. The van der Waals surface area contributed by atoms with Crippen molar-refractivity contribution in [2.45, 2.75) is 20.8 Å². The summed E-state index contributed by atoms with van der Waals surface area (Å²) in [7, 11) is 0. The molecule has 6 nitrogen and oxygen atoms in total. The third-order valence-corrected chi connectivity index (χ3v) is 0.988. The Hall–Kier alpha value is -1.59. The molecule has 0 heterocycles. The minimum atomic E-state index is -1.12. The van der Waals surface area contributed by atoms with Crippen molar-refractivity contribution >= 4 is 18.5 Å². The summed E-state index contributed by atoms with van der Waals surface area (Å²) in [5.74, 6) is -0.709. The maximum atomic E-state index is 11.0. The van der Waals surface area contributed by atoms with E-state index in [2.05, 4.69) is 9.57 Å². The van der Waals surface area contributed by atoms with E-state index in [1.165, 1.54) is 0 Å². The summed E-state index contributed by atoms with van der Waals surface area (Å²) >= 11 is 0. The Balaban J connectivity index is 3.93. The molecule has 74 valence electrons. The topological polar surface area (TPSA) is 81.7 Å². The van der Waals surface area contributed by atoms with E-state index >= 15 is 0 Å². The van der Waals surface area contributed by atoms with E-state index in [1.54, 1.807) is 26.3 Å². The standard InChI is InChI=1S/C7H11NO5/c1-7(2,3)5(10)13-6(11)8-12-4-9/h4H,1-3H3,(H,8,11). The fraction of sp³-hybridized carbons (Fsp3) is 0.571. The van der Waals surface area contributed by atoms with Gasteiger partial charge in [-0.25, -0.2) is 4.79 Å². The fourth-order valence-electron chi connectivity index (χ4n) is 0.330. The predicted octanol–water partition coefficient (Wildman–Crippen LogP) is 0.373. The molecule has 0 bridgehead atoms. The number of hydrogen-bond donors (Lipinski definition) is 1. The van der Waals surface area contributed by atoms with Gasteiger partial charge in [0.25, 0.3) is 0 Å². The molecule has 0 aromatic carbocycles. The molecule has 0 saturated heterocycles. The molecule has 6 heteroatoms. The molecule has 0 rings (SSSR count). The summed E-state index contributed by atoms with van der Waals surface area (Å²) in [6.45, 7) is 4.76.